The summed E-state index contributed by atoms with van der Waals surface area (Å²) in [5, 5.41) is 6.44. The lowest BCUT2D eigenvalue weighted by molar-refractivity contribution is -0.115. The number of rotatable bonds is 9. The highest BCUT2D eigenvalue weighted by atomic mass is 35.5. The van der Waals surface area contributed by atoms with Crippen LogP contribution in [-0.4, -0.2) is 30.9 Å². The first-order valence-corrected chi connectivity index (χ1v) is 11.3. The number of hydrogen-bond donors (Lipinski definition) is 1. The Morgan fingerprint density at radius 1 is 1.17 bits per heavy atom. The standard InChI is InChI=1S/C21H21ClN2O3S2/c1-26-18-7-6-14(10-19(18)27-2)21-24-17(13-29-21)12-28-9-8-20(25)23-16-5-3-4-15(22)11-16/h3-7,10-11,13H,8-9,12H2,1-2H3,(H,23,25). The van der Waals surface area contributed by atoms with Gasteiger partial charge in [-0.15, -0.1) is 11.3 Å². The molecule has 3 aromatic rings. The molecule has 5 nitrogen and oxygen atoms in total. The molecular weight excluding hydrogens is 428 g/mol. The third-order valence-corrected chi connectivity index (χ3v) is 6.18. The van der Waals surface area contributed by atoms with Gasteiger partial charge >= 0.3 is 0 Å². The summed E-state index contributed by atoms with van der Waals surface area (Å²) in [4.78, 5) is 16.7. The second-order valence-electron chi connectivity index (χ2n) is 6.07. The number of thioether (sulfide) groups is 1. The lowest BCUT2D eigenvalue weighted by Gasteiger charge is -2.08. The zero-order valence-corrected chi connectivity index (χ0v) is 18.5. The van der Waals surface area contributed by atoms with Crippen molar-refractivity contribution in [2.24, 2.45) is 0 Å². The molecule has 0 aliphatic rings. The third kappa shape index (κ3) is 6.13. The maximum absolute atomic E-state index is 12.0. The monoisotopic (exact) mass is 448 g/mol. The number of aromatic nitrogens is 1. The Kier molecular flexibility index (Phi) is 7.80. The van der Waals surface area contributed by atoms with Gasteiger partial charge in [-0.1, -0.05) is 17.7 Å². The van der Waals surface area contributed by atoms with Crippen LogP contribution >= 0.6 is 34.7 Å². The Morgan fingerprint density at radius 2 is 2.00 bits per heavy atom. The van der Waals surface area contributed by atoms with E-state index >= 15 is 0 Å². The second-order valence-corrected chi connectivity index (χ2v) is 8.47. The van der Waals surface area contributed by atoms with Gasteiger partial charge in [0, 0.05) is 39.6 Å². The fourth-order valence-corrected chi connectivity index (χ4v) is 4.55. The van der Waals surface area contributed by atoms with Crippen molar-refractivity contribution < 1.29 is 14.3 Å². The number of ether oxygens (including phenoxy) is 2. The van der Waals surface area contributed by atoms with Crippen LogP contribution in [0.3, 0.4) is 0 Å². The quantitative estimate of drug-likeness (QED) is 0.423. The van der Waals surface area contributed by atoms with E-state index in [1.54, 1.807) is 49.5 Å². The number of methoxy groups -OCH3 is 2. The first kappa shape index (κ1) is 21.5. The van der Waals surface area contributed by atoms with Gasteiger partial charge in [0.25, 0.3) is 0 Å². The minimum absolute atomic E-state index is 0.0240. The normalized spacial score (nSPS) is 10.6. The van der Waals surface area contributed by atoms with Crippen molar-refractivity contribution in [3.8, 4) is 22.1 Å². The molecule has 1 aromatic heterocycles. The molecule has 0 saturated heterocycles. The molecule has 0 fully saturated rings. The fourth-order valence-electron chi connectivity index (χ4n) is 2.61. The average molecular weight is 449 g/mol. The Labute approximate surface area is 183 Å². The average Bonchev–Trinajstić information content (AvgIpc) is 3.19. The van der Waals surface area contributed by atoms with E-state index in [0.29, 0.717) is 28.6 Å². The first-order chi connectivity index (χ1) is 14.1. The topological polar surface area (TPSA) is 60.5 Å². The van der Waals surface area contributed by atoms with Crippen molar-refractivity contribution >= 4 is 46.3 Å². The van der Waals surface area contributed by atoms with E-state index in [2.05, 4.69) is 5.32 Å². The van der Waals surface area contributed by atoms with Crippen LogP contribution in [0.2, 0.25) is 5.02 Å². The van der Waals surface area contributed by atoms with E-state index in [-0.39, 0.29) is 5.91 Å². The Hall–Kier alpha value is -2.22. The molecule has 0 aliphatic carbocycles. The molecule has 1 amide bonds. The molecule has 0 unspecified atom stereocenters. The maximum Gasteiger partial charge on any atom is 0.225 e. The number of thiazole rings is 1. The molecule has 29 heavy (non-hydrogen) atoms. The number of benzene rings is 2. The highest BCUT2D eigenvalue weighted by Crippen LogP contribution is 2.34. The number of carbonyl (C=O) groups excluding carboxylic acids is 1. The first-order valence-electron chi connectivity index (χ1n) is 8.89. The molecule has 1 N–H and O–H groups in total. The Bertz CT molecular complexity index is 978. The largest absolute Gasteiger partial charge is 0.493 e. The van der Waals surface area contributed by atoms with Gasteiger partial charge in [-0.05, 0) is 36.4 Å². The molecule has 1 heterocycles. The predicted molar refractivity (Wildman–Crippen MR) is 122 cm³/mol. The molecule has 0 bridgehead atoms. The summed E-state index contributed by atoms with van der Waals surface area (Å²) < 4.78 is 10.6. The number of anilines is 1. The number of nitrogens with zero attached hydrogens (tertiary/aromatic N) is 1. The van der Waals surface area contributed by atoms with Crippen molar-refractivity contribution in [1.29, 1.82) is 0 Å². The molecule has 8 heteroatoms. The van der Waals surface area contributed by atoms with Crippen molar-refractivity contribution in [1.82, 2.24) is 4.98 Å². The number of nitrogens with one attached hydrogen (secondary N) is 1. The molecule has 0 atom stereocenters. The second kappa shape index (κ2) is 10.5. The van der Waals surface area contributed by atoms with Crippen LogP contribution in [0.4, 0.5) is 5.69 Å². The summed E-state index contributed by atoms with van der Waals surface area (Å²) in [6, 6.07) is 12.9. The van der Waals surface area contributed by atoms with Gasteiger partial charge in [0.1, 0.15) is 5.01 Å². The van der Waals surface area contributed by atoms with Gasteiger partial charge in [-0.3, -0.25) is 4.79 Å². The highest BCUT2D eigenvalue weighted by molar-refractivity contribution is 7.98. The summed E-state index contributed by atoms with van der Waals surface area (Å²) in [5.74, 6) is 2.83. The number of amides is 1. The van der Waals surface area contributed by atoms with Crippen molar-refractivity contribution in [2.45, 2.75) is 12.2 Å². The van der Waals surface area contributed by atoms with Crippen molar-refractivity contribution in [3.05, 3.63) is 58.6 Å². The van der Waals surface area contributed by atoms with E-state index < -0.39 is 0 Å². The summed E-state index contributed by atoms with van der Waals surface area (Å²) in [6.07, 6.45) is 0.434. The Morgan fingerprint density at radius 3 is 2.76 bits per heavy atom. The van der Waals surface area contributed by atoms with Crippen LogP contribution < -0.4 is 14.8 Å². The summed E-state index contributed by atoms with van der Waals surface area (Å²) in [7, 11) is 3.24. The zero-order valence-electron chi connectivity index (χ0n) is 16.1. The number of carbonyl (C=O) groups is 1. The molecule has 0 radical (unpaired) electrons. The molecule has 0 saturated carbocycles. The fraction of sp³-hybridized carbons (Fsp3) is 0.238. The van der Waals surface area contributed by atoms with Crippen LogP contribution in [0.25, 0.3) is 10.6 Å². The smallest absolute Gasteiger partial charge is 0.225 e. The summed E-state index contributed by atoms with van der Waals surface area (Å²) >= 11 is 9.20. The number of halogens is 1. The SMILES string of the molecule is COc1ccc(-c2nc(CSCCC(=O)Nc3cccc(Cl)c3)cs2)cc1OC. The lowest BCUT2D eigenvalue weighted by atomic mass is 10.2. The van der Waals surface area contributed by atoms with E-state index in [4.69, 9.17) is 26.1 Å². The minimum Gasteiger partial charge on any atom is -0.493 e. The van der Waals surface area contributed by atoms with Gasteiger partial charge < -0.3 is 14.8 Å². The van der Waals surface area contributed by atoms with Crippen LogP contribution in [0, 0.1) is 0 Å². The number of hydrogen-bond acceptors (Lipinski definition) is 6. The van der Waals surface area contributed by atoms with E-state index in [0.717, 1.165) is 27.8 Å². The van der Waals surface area contributed by atoms with Gasteiger partial charge in [0.2, 0.25) is 5.91 Å². The third-order valence-electron chi connectivity index (χ3n) is 4.01. The molecule has 0 spiro atoms. The van der Waals surface area contributed by atoms with Gasteiger partial charge in [-0.2, -0.15) is 11.8 Å². The Balaban J connectivity index is 1.48. The van der Waals surface area contributed by atoms with E-state index in [1.807, 2.05) is 35.7 Å². The maximum atomic E-state index is 12.0. The van der Waals surface area contributed by atoms with Gasteiger partial charge in [0.15, 0.2) is 11.5 Å². The van der Waals surface area contributed by atoms with E-state index in [1.165, 1.54) is 0 Å². The predicted octanol–water partition coefficient (Wildman–Crippen LogP) is 5.74. The van der Waals surface area contributed by atoms with Gasteiger partial charge in [0.05, 0.1) is 19.9 Å². The molecule has 152 valence electrons. The lowest BCUT2D eigenvalue weighted by Crippen LogP contribution is -2.12. The van der Waals surface area contributed by atoms with Gasteiger partial charge in [-0.25, -0.2) is 4.98 Å². The molecule has 2 aromatic carbocycles. The van der Waals surface area contributed by atoms with Crippen LogP contribution in [0.1, 0.15) is 12.1 Å². The molecule has 0 aliphatic heterocycles. The summed E-state index contributed by atoms with van der Waals surface area (Å²) in [5.41, 5.74) is 2.70. The van der Waals surface area contributed by atoms with Crippen molar-refractivity contribution in [2.75, 3.05) is 25.3 Å². The van der Waals surface area contributed by atoms with E-state index in [9.17, 15) is 4.79 Å². The van der Waals surface area contributed by atoms with Crippen molar-refractivity contribution in [3.63, 3.8) is 0 Å². The summed E-state index contributed by atoms with van der Waals surface area (Å²) in [6.45, 7) is 0. The molecular formula is C21H21ClN2O3S2. The zero-order chi connectivity index (χ0) is 20.6. The van der Waals surface area contributed by atoms with Crippen LogP contribution in [0.5, 0.6) is 11.5 Å². The van der Waals surface area contributed by atoms with Crippen LogP contribution in [0.15, 0.2) is 47.8 Å². The minimum atomic E-state index is -0.0240. The van der Waals surface area contributed by atoms with Crippen LogP contribution in [-0.2, 0) is 10.5 Å². The highest BCUT2D eigenvalue weighted by Gasteiger charge is 2.10. The molecule has 3 rings (SSSR count).